The van der Waals surface area contributed by atoms with Gasteiger partial charge in [0, 0.05) is 22.7 Å². The second-order valence-corrected chi connectivity index (χ2v) is 4.98. The van der Waals surface area contributed by atoms with Gasteiger partial charge in [-0.2, -0.15) is 0 Å². The van der Waals surface area contributed by atoms with Crippen LogP contribution in [0.2, 0.25) is 5.02 Å². The molecular weight excluding hydrogens is 344 g/mol. The van der Waals surface area contributed by atoms with Gasteiger partial charge in [0.15, 0.2) is 5.56 Å². The van der Waals surface area contributed by atoms with E-state index in [9.17, 15) is 29.8 Å². The highest BCUT2D eigenvalue weighted by Crippen LogP contribution is 2.32. The Morgan fingerprint density at radius 2 is 1.38 bits per heavy atom. The van der Waals surface area contributed by atoms with Gasteiger partial charge in [0.25, 0.3) is 11.4 Å². The minimum absolute atomic E-state index is 0.0614. The van der Waals surface area contributed by atoms with Crippen LogP contribution in [0.25, 0.3) is 0 Å². The van der Waals surface area contributed by atoms with Crippen molar-refractivity contribution in [2.75, 3.05) is 0 Å². The number of benzene rings is 2. The molecule has 2 rings (SSSR count). The molecule has 0 unspecified atom stereocenters. The molecule has 0 saturated carbocycles. The lowest BCUT2D eigenvalue weighted by atomic mass is 9.98. The van der Waals surface area contributed by atoms with Crippen molar-refractivity contribution < 1.29 is 24.5 Å². The monoisotopic (exact) mass is 350 g/mol. The Bertz CT molecular complexity index is 842. The van der Waals surface area contributed by atoms with Gasteiger partial charge in [-0.1, -0.05) is 11.6 Å². The van der Waals surface area contributed by atoms with E-state index in [0.29, 0.717) is 17.2 Å². The molecule has 9 nitrogen and oxygen atoms in total. The molecule has 0 aromatic heterocycles. The van der Waals surface area contributed by atoms with Crippen molar-refractivity contribution in [3.63, 3.8) is 0 Å². The summed E-state index contributed by atoms with van der Waals surface area (Å²) in [6, 6.07) is 6.42. The maximum Gasteiger partial charge on any atom is 0.336 e. The number of nitro groups is 2. The number of nitro benzene ring substituents is 2. The summed E-state index contributed by atoms with van der Waals surface area (Å²) in [6.07, 6.45) is 0. The number of carboxylic acid groups (broad SMARTS) is 1. The van der Waals surface area contributed by atoms with E-state index >= 15 is 0 Å². The van der Waals surface area contributed by atoms with E-state index in [4.69, 9.17) is 16.7 Å². The summed E-state index contributed by atoms with van der Waals surface area (Å²) < 4.78 is 0. The van der Waals surface area contributed by atoms with Gasteiger partial charge < -0.3 is 5.11 Å². The number of ketones is 1. The van der Waals surface area contributed by atoms with Crippen LogP contribution in [-0.2, 0) is 0 Å². The van der Waals surface area contributed by atoms with Crippen molar-refractivity contribution in [2.24, 2.45) is 0 Å². The number of carboxylic acids is 1. The Balaban J connectivity index is 2.77. The fourth-order valence-electron chi connectivity index (χ4n) is 2.00. The molecule has 0 aliphatic carbocycles. The number of halogens is 1. The average molecular weight is 351 g/mol. The smallest absolute Gasteiger partial charge is 0.336 e. The number of rotatable bonds is 5. The molecule has 2 aromatic carbocycles. The third-order valence-electron chi connectivity index (χ3n) is 3.07. The first-order chi connectivity index (χ1) is 11.2. The van der Waals surface area contributed by atoms with E-state index in [1.165, 1.54) is 24.3 Å². The number of nitrogens with zero attached hydrogens (tertiary/aromatic N) is 2. The molecule has 1 N–H and O–H groups in total. The largest absolute Gasteiger partial charge is 0.478 e. The molecule has 10 heteroatoms. The Labute approximate surface area is 138 Å². The minimum atomic E-state index is -1.59. The third-order valence-corrected chi connectivity index (χ3v) is 3.32. The van der Waals surface area contributed by atoms with Crippen LogP contribution in [0, 0.1) is 20.2 Å². The SMILES string of the molecule is O=C(O)c1cc([N+](=O)[O-])c(C(=O)c2ccc(Cl)cc2)c([N+](=O)[O-])c1. The van der Waals surface area contributed by atoms with Crippen molar-refractivity contribution in [1.29, 1.82) is 0 Å². The van der Waals surface area contributed by atoms with Crippen molar-refractivity contribution >= 4 is 34.7 Å². The van der Waals surface area contributed by atoms with Gasteiger partial charge in [0.05, 0.1) is 15.4 Å². The Morgan fingerprint density at radius 3 is 1.75 bits per heavy atom. The normalized spacial score (nSPS) is 10.2. The molecule has 0 fully saturated rings. The molecule has 0 radical (unpaired) electrons. The zero-order valence-corrected chi connectivity index (χ0v) is 12.4. The quantitative estimate of drug-likeness (QED) is 0.496. The van der Waals surface area contributed by atoms with E-state index < -0.39 is 44.1 Å². The van der Waals surface area contributed by atoms with Gasteiger partial charge in [-0.25, -0.2) is 4.79 Å². The third kappa shape index (κ3) is 3.20. The summed E-state index contributed by atoms with van der Waals surface area (Å²) in [6.45, 7) is 0. The average Bonchev–Trinajstić information content (AvgIpc) is 2.53. The fourth-order valence-corrected chi connectivity index (χ4v) is 2.13. The number of hydrogen-bond donors (Lipinski definition) is 1. The number of carbonyl (C=O) groups is 2. The highest BCUT2D eigenvalue weighted by atomic mass is 35.5. The van der Waals surface area contributed by atoms with E-state index in [2.05, 4.69) is 0 Å². The van der Waals surface area contributed by atoms with Gasteiger partial charge in [0.1, 0.15) is 0 Å². The number of carbonyl (C=O) groups excluding carboxylic acids is 1. The topological polar surface area (TPSA) is 141 Å². The molecule has 0 bridgehead atoms. The van der Waals surface area contributed by atoms with Crippen LogP contribution in [0.3, 0.4) is 0 Å². The zero-order valence-electron chi connectivity index (χ0n) is 11.6. The molecule has 2 aromatic rings. The van der Waals surface area contributed by atoms with Gasteiger partial charge in [-0.15, -0.1) is 0 Å². The minimum Gasteiger partial charge on any atom is -0.478 e. The van der Waals surface area contributed by atoms with Crippen LogP contribution in [0.1, 0.15) is 26.3 Å². The molecule has 0 saturated heterocycles. The second kappa shape index (κ2) is 6.42. The highest BCUT2D eigenvalue weighted by molar-refractivity contribution is 6.30. The standard InChI is InChI=1S/C14H7ClN2O7/c15-9-3-1-7(2-4-9)13(18)12-10(16(21)22)5-8(14(19)20)6-11(12)17(23)24/h1-6H,(H,19,20). The Hall–Kier alpha value is -3.33. The van der Waals surface area contributed by atoms with Crippen molar-refractivity contribution in [3.05, 3.63) is 78.3 Å². The predicted molar refractivity (Wildman–Crippen MR) is 81.6 cm³/mol. The second-order valence-electron chi connectivity index (χ2n) is 4.54. The molecule has 122 valence electrons. The molecule has 0 spiro atoms. The first kappa shape index (κ1) is 17.0. The summed E-state index contributed by atoms with van der Waals surface area (Å²) in [5.41, 5.74) is -3.44. The molecular formula is C14H7ClN2O7. The van der Waals surface area contributed by atoms with Crippen molar-refractivity contribution in [3.8, 4) is 0 Å². The predicted octanol–water partition coefficient (Wildman–Crippen LogP) is 3.09. The summed E-state index contributed by atoms with van der Waals surface area (Å²) >= 11 is 5.69. The van der Waals surface area contributed by atoms with Crippen LogP contribution < -0.4 is 0 Å². The van der Waals surface area contributed by atoms with Gasteiger partial charge in [-0.05, 0) is 24.3 Å². The van der Waals surface area contributed by atoms with E-state index in [0.717, 1.165) is 0 Å². The summed E-state index contributed by atoms with van der Waals surface area (Å²) in [4.78, 5) is 43.8. The highest BCUT2D eigenvalue weighted by Gasteiger charge is 2.33. The molecule has 0 atom stereocenters. The zero-order chi connectivity index (χ0) is 18.0. The van der Waals surface area contributed by atoms with Gasteiger partial charge in [-0.3, -0.25) is 25.0 Å². The molecule has 0 aliphatic heterocycles. The lowest BCUT2D eigenvalue weighted by molar-refractivity contribution is -0.394. The maximum absolute atomic E-state index is 12.5. The Kier molecular flexibility index (Phi) is 4.56. The van der Waals surface area contributed by atoms with Crippen LogP contribution in [0.4, 0.5) is 11.4 Å². The lowest BCUT2D eigenvalue weighted by Crippen LogP contribution is -2.11. The number of aromatic carboxylic acids is 1. The molecule has 0 heterocycles. The van der Waals surface area contributed by atoms with Crippen LogP contribution in [0.15, 0.2) is 36.4 Å². The summed E-state index contributed by atoms with van der Waals surface area (Å²) in [5.74, 6) is -2.58. The van der Waals surface area contributed by atoms with Gasteiger partial charge in [0.2, 0.25) is 5.78 Å². The van der Waals surface area contributed by atoms with E-state index in [-0.39, 0.29) is 5.56 Å². The first-order valence-corrected chi connectivity index (χ1v) is 6.60. The van der Waals surface area contributed by atoms with Crippen LogP contribution >= 0.6 is 11.6 Å². The fraction of sp³-hybridized carbons (Fsp3) is 0. The molecule has 0 amide bonds. The van der Waals surface area contributed by atoms with Crippen molar-refractivity contribution in [1.82, 2.24) is 0 Å². The maximum atomic E-state index is 12.5. The van der Waals surface area contributed by atoms with Crippen LogP contribution in [0.5, 0.6) is 0 Å². The summed E-state index contributed by atoms with van der Waals surface area (Å²) in [5, 5.41) is 31.6. The molecule has 0 aliphatic rings. The lowest BCUT2D eigenvalue weighted by Gasteiger charge is -2.06. The summed E-state index contributed by atoms with van der Waals surface area (Å²) in [7, 11) is 0. The molecule has 24 heavy (non-hydrogen) atoms. The first-order valence-electron chi connectivity index (χ1n) is 6.22. The van der Waals surface area contributed by atoms with Gasteiger partial charge >= 0.3 is 5.97 Å². The van der Waals surface area contributed by atoms with Crippen molar-refractivity contribution in [2.45, 2.75) is 0 Å². The van der Waals surface area contributed by atoms with Crippen LogP contribution in [-0.4, -0.2) is 26.7 Å². The number of hydrogen-bond acceptors (Lipinski definition) is 6. The van der Waals surface area contributed by atoms with E-state index in [1.54, 1.807) is 0 Å². The van der Waals surface area contributed by atoms with E-state index in [1.807, 2.05) is 0 Å². The Morgan fingerprint density at radius 1 is 0.917 bits per heavy atom.